The standard InChI is InChI=1S/C24H29N5O/c1-15-20-21(16-7-9-17(10-8-16)28(4)5)22-18(13-24(2,3)14-19(22)30)26-23(20)29(27-15)12-6-11-25/h7-10,21,26H,6,12-14H2,1-5H3. The number of nitrogens with one attached hydrogen (secondary N) is 1. The first-order chi connectivity index (χ1) is 14.2. The average molecular weight is 404 g/mol. The van der Waals surface area contributed by atoms with Gasteiger partial charge in [0.15, 0.2) is 5.78 Å². The number of carbonyl (C=O) groups is 1. The monoisotopic (exact) mass is 403 g/mol. The van der Waals surface area contributed by atoms with E-state index in [4.69, 9.17) is 10.4 Å². The molecule has 0 radical (unpaired) electrons. The number of Topliss-reactive ketones (excluding diaryl/α,β-unsaturated/α-hetero) is 1. The molecule has 4 rings (SSSR count). The van der Waals surface area contributed by atoms with E-state index in [0.29, 0.717) is 19.4 Å². The number of aromatic nitrogens is 2. The van der Waals surface area contributed by atoms with Crippen LogP contribution in [0.25, 0.3) is 0 Å². The summed E-state index contributed by atoms with van der Waals surface area (Å²) in [5, 5.41) is 17.3. The lowest BCUT2D eigenvalue weighted by Crippen LogP contribution is -2.34. The van der Waals surface area contributed by atoms with E-state index in [-0.39, 0.29) is 17.1 Å². The van der Waals surface area contributed by atoms with Gasteiger partial charge in [-0.25, -0.2) is 4.68 Å². The van der Waals surface area contributed by atoms with Crippen LogP contribution < -0.4 is 10.2 Å². The fourth-order valence-electron chi connectivity index (χ4n) is 4.76. The third kappa shape index (κ3) is 3.39. The van der Waals surface area contributed by atoms with Crippen molar-refractivity contribution in [3.8, 4) is 6.07 Å². The number of hydrogen-bond donors (Lipinski definition) is 1. The van der Waals surface area contributed by atoms with E-state index in [9.17, 15) is 4.79 Å². The third-order valence-electron chi connectivity index (χ3n) is 6.12. The number of carbonyl (C=O) groups excluding carboxylic acids is 1. The Morgan fingerprint density at radius 1 is 1.27 bits per heavy atom. The van der Waals surface area contributed by atoms with Crippen molar-refractivity contribution in [3.05, 3.63) is 52.4 Å². The van der Waals surface area contributed by atoms with E-state index in [1.165, 1.54) is 0 Å². The highest BCUT2D eigenvalue weighted by molar-refractivity contribution is 6.01. The van der Waals surface area contributed by atoms with Crippen molar-refractivity contribution in [1.29, 1.82) is 5.26 Å². The zero-order chi connectivity index (χ0) is 21.6. The molecule has 1 N–H and O–H groups in total. The molecule has 156 valence electrons. The van der Waals surface area contributed by atoms with E-state index in [1.807, 2.05) is 25.7 Å². The minimum atomic E-state index is -0.133. The Balaban J connectivity index is 1.89. The minimum absolute atomic E-state index is 0.0771. The van der Waals surface area contributed by atoms with E-state index in [1.54, 1.807) is 0 Å². The number of benzene rings is 1. The van der Waals surface area contributed by atoms with Crippen LogP contribution in [0.4, 0.5) is 11.5 Å². The van der Waals surface area contributed by atoms with Crippen molar-refractivity contribution in [1.82, 2.24) is 9.78 Å². The van der Waals surface area contributed by atoms with Crippen LogP contribution in [-0.2, 0) is 11.3 Å². The third-order valence-corrected chi connectivity index (χ3v) is 6.12. The Morgan fingerprint density at radius 3 is 2.60 bits per heavy atom. The van der Waals surface area contributed by atoms with Gasteiger partial charge in [0.05, 0.1) is 24.7 Å². The first kappa shape index (κ1) is 20.2. The molecule has 2 aromatic rings. The summed E-state index contributed by atoms with van der Waals surface area (Å²) in [4.78, 5) is 15.4. The van der Waals surface area contributed by atoms with Crippen molar-refractivity contribution in [2.75, 3.05) is 24.3 Å². The lowest BCUT2D eigenvalue weighted by molar-refractivity contribution is -0.118. The van der Waals surface area contributed by atoms with Crippen LogP contribution in [-0.4, -0.2) is 29.7 Å². The highest BCUT2D eigenvalue weighted by atomic mass is 16.1. The molecule has 1 aromatic carbocycles. The zero-order valence-corrected chi connectivity index (χ0v) is 18.4. The number of anilines is 2. The molecule has 1 unspecified atom stereocenters. The van der Waals surface area contributed by atoms with Crippen molar-refractivity contribution in [2.24, 2.45) is 5.41 Å². The number of fused-ring (bicyclic) bond motifs is 1. The van der Waals surface area contributed by atoms with E-state index >= 15 is 0 Å². The van der Waals surface area contributed by atoms with Crippen molar-refractivity contribution < 1.29 is 4.79 Å². The first-order valence-corrected chi connectivity index (χ1v) is 10.5. The second-order valence-corrected chi connectivity index (χ2v) is 9.36. The van der Waals surface area contributed by atoms with Crippen LogP contribution in [0.2, 0.25) is 0 Å². The predicted molar refractivity (Wildman–Crippen MR) is 118 cm³/mol. The summed E-state index contributed by atoms with van der Waals surface area (Å²) in [6.07, 6.45) is 1.77. The van der Waals surface area contributed by atoms with Gasteiger partial charge in [-0.05, 0) is 36.5 Å². The van der Waals surface area contributed by atoms with Gasteiger partial charge in [-0.2, -0.15) is 10.4 Å². The van der Waals surface area contributed by atoms with Gasteiger partial charge >= 0.3 is 0 Å². The number of aryl methyl sites for hydroxylation is 2. The molecular formula is C24H29N5O. The van der Waals surface area contributed by atoms with Gasteiger partial charge < -0.3 is 10.2 Å². The Labute approximate surface area is 178 Å². The molecule has 1 atom stereocenters. The van der Waals surface area contributed by atoms with E-state index in [0.717, 1.165) is 46.0 Å². The Kier molecular flexibility index (Phi) is 4.93. The Hall–Kier alpha value is -3.07. The molecule has 0 spiro atoms. The molecule has 1 aliphatic heterocycles. The second-order valence-electron chi connectivity index (χ2n) is 9.36. The molecule has 2 aliphatic rings. The van der Waals surface area contributed by atoms with Crippen LogP contribution in [0.15, 0.2) is 35.5 Å². The van der Waals surface area contributed by atoms with Crippen LogP contribution in [0, 0.1) is 23.7 Å². The highest BCUT2D eigenvalue weighted by Crippen LogP contribution is 2.50. The molecule has 2 heterocycles. The second kappa shape index (κ2) is 7.32. The average Bonchev–Trinajstić information content (AvgIpc) is 2.99. The van der Waals surface area contributed by atoms with Gasteiger partial charge in [-0.1, -0.05) is 26.0 Å². The molecule has 6 nitrogen and oxygen atoms in total. The van der Waals surface area contributed by atoms with Gasteiger partial charge in [0, 0.05) is 49.0 Å². The first-order valence-electron chi connectivity index (χ1n) is 10.5. The highest BCUT2D eigenvalue weighted by Gasteiger charge is 2.42. The largest absolute Gasteiger partial charge is 0.378 e. The van der Waals surface area contributed by atoms with Gasteiger partial charge in [0.25, 0.3) is 0 Å². The van der Waals surface area contributed by atoms with Crippen molar-refractivity contribution in [2.45, 2.75) is 52.5 Å². The maximum Gasteiger partial charge on any atom is 0.162 e. The lowest BCUT2D eigenvalue weighted by Gasteiger charge is -2.38. The molecule has 1 aliphatic carbocycles. The molecule has 6 heteroatoms. The molecule has 30 heavy (non-hydrogen) atoms. The molecule has 0 saturated carbocycles. The van der Waals surface area contributed by atoms with Crippen LogP contribution in [0.5, 0.6) is 0 Å². The summed E-state index contributed by atoms with van der Waals surface area (Å²) in [6, 6.07) is 10.7. The summed E-state index contributed by atoms with van der Waals surface area (Å²) in [5.41, 5.74) is 5.99. The van der Waals surface area contributed by atoms with Crippen molar-refractivity contribution in [3.63, 3.8) is 0 Å². The van der Waals surface area contributed by atoms with Gasteiger partial charge in [-0.15, -0.1) is 0 Å². The lowest BCUT2D eigenvalue weighted by atomic mass is 9.69. The summed E-state index contributed by atoms with van der Waals surface area (Å²) in [6.45, 7) is 6.81. The van der Waals surface area contributed by atoms with Crippen LogP contribution in [0.3, 0.4) is 0 Å². The number of allylic oxidation sites excluding steroid dienone is 2. The molecule has 0 fully saturated rings. The molecule has 0 bridgehead atoms. The Bertz CT molecular complexity index is 1070. The van der Waals surface area contributed by atoms with Crippen molar-refractivity contribution >= 4 is 17.3 Å². The SMILES string of the molecule is Cc1nn(CCC#N)c2c1C(c1ccc(N(C)C)cc1)C1=C(CC(C)(C)CC1=O)N2. The summed E-state index contributed by atoms with van der Waals surface area (Å²) >= 11 is 0. The summed E-state index contributed by atoms with van der Waals surface area (Å²) < 4.78 is 1.89. The maximum absolute atomic E-state index is 13.3. The number of nitriles is 1. The molecule has 1 aromatic heterocycles. The van der Waals surface area contributed by atoms with Gasteiger partial charge in [0.1, 0.15) is 5.82 Å². The Morgan fingerprint density at radius 2 is 1.97 bits per heavy atom. The number of ketones is 1. The smallest absolute Gasteiger partial charge is 0.162 e. The van der Waals surface area contributed by atoms with Crippen LogP contribution >= 0.6 is 0 Å². The number of rotatable bonds is 4. The predicted octanol–water partition coefficient (Wildman–Crippen LogP) is 4.37. The molecule has 0 saturated heterocycles. The molecule has 0 amide bonds. The maximum atomic E-state index is 13.3. The van der Waals surface area contributed by atoms with Gasteiger partial charge in [-0.3, -0.25) is 4.79 Å². The summed E-state index contributed by atoms with van der Waals surface area (Å²) in [7, 11) is 4.04. The fraction of sp³-hybridized carbons (Fsp3) is 0.458. The quantitative estimate of drug-likeness (QED) is 0.820. The fourth-order valence-corrected chi connectivity index (χ4v) is 4.76. The van der Waals surface area contributed by atoms with E-state index < -0.39 is 0 Å². The number of hydrogen-bond acceptors (Lipinski definition) is 5. The van der Waals surface area contributed by atoms with Crippen LogP contribution in [0.1, 0.15) is 55.8 Å². The number of nitrogens with zero attached hydrogens (tertiary/aromatic N) is 4. The van der Waals surface area contributed by atoms with E-state index in [2.05, 4.69) is 54.4 Å². The topological polar surface area (TPSA) is 74.0 Å². The summed E-state index contributed by atoms with van der Waals surface area (Å²) in [5.74, 6) is 1.01. The van der Waals surface area contributed by atoms with Gasteiger partial charge in [0.2, 0.25) is 0 Å². The zero-order valence-electron chi connectivity index (χ0n) is 18.4. The normalized spacial score (nSPS) is 19.6. The minimum Gasteiger partial charge on any atom is -0.378 e. The molecular weight excluding hydrogens is 374 g/mol.